The first-order chi connectivity index (χ1) is 12.1. The zero-order chi connectivity index (χ0) is 17.4. The topological polar surface area (TPSA) is 29.5 Å². The zero-order valence-electron chi connectivity index (χ0n) is 13.9. The average Bonchev–Trinajstić information content (AvgIpc) is 2.95. The van der Waals surface area contributed by atoms with Gasteiger partial charge in [-0.05, 0) is 60.0 Å². The first kappa shape index (κ1) is 16.2. The van der Waals surface area contributed by atoms with Crippen LogP contribution in [-0.4, -0.2) is 18.6 Å². The van der Waals surface area contributed by atoms with E-state index in [1.54, 1.807) is 0 Å². The fraction of sp³-hybridized carbons (Fsp3) is 0.190. The second-order valence-electron chi connectivity index (χ2n) is 6.39. The van der Waals surface area contributed by atoms with E-state index < -0.39 is 0 Å². The molecule has 1 atom stereocenters. The summed E-state index contributed by atoms with van der Waals surface area (Å²) in [6.07, 6.45) is 0.896. The molecule has 0 radical (unpaired) electrons. The minimum Gasteiger partial charge on any atom is -0.484 e. The van der Waals surface area contributed by atoms with Crippen molar-refractivity contribution in [2.24, 2.45) is 0 Å². The van der Waals surface area contributed by atoms with Gasteiger partial charge in [-0.1, -0.05) is 46.3 Å². The summed E-state index contributed by atoms with van der Waals surface area (Å²) >= 11 is 3.48. The van der Waals surface area contributed by atoms with Crippen molar-refractivity contribution in [2.45, 2.75) is 19.4 Å². The number of amides is 1. The van der Waals surface area contributed by atoms with Gasteiger partial charge in [-0.3, -0.25) is 4.79 Å². The fourth-order valence-electron chi connectivity index (χ4n) is 3.44. The quantitative estimate of drug-likeness (QED) is 0.627. The fourth-order valence-corrected chi connectivity index (χ4v) is 3.82. The van der Waals surface area contributed by atoms with E-state index in [0.717, 1.165) is 27.4 Å². The van der Waals surface area contributed by atoms with E-state index in [4.69, 9.17) is 4.74 Å². The molecule has 25 heavy (non-hydrogen) atoms. The van der Waals surface area contributed by atoms with E-state index in [9.17, 15) is 4.79 Å². The van der Waals surface area contributed by atoms with Crippen LogP contribution in [0.5, 0.6) is 5.75 Å². The lowest BCUT2D eigenvalue weighted by Crippen LogP contribution is -2.39. The molecular formula is C21H18BrNO2. The third-order valence-electron chi connectivity index (χ3n) is 4.61. The van der Waals surface area contributed by atoms with Gasteiger partial charge < -0.3 is 9.64 Å². The summed E-state index contributed by atoms with van der Waals surface area (Å²) < 4.78 is 6.83. The van der Waals surface area contributed by atoms with E-state index in [1.165, 1.54) is 5.56 Å². The van der Waals surface area contributed by atoms with Crippen LogP contribution >= 0.6 is 15.9 Å². The Morgan fingerprint density at radius 1 is 1.12 bits per heavy atom. The van der Waals surface area contributed by atoms with Gasteiger partial charge in [-0.2, -0.15) is 0 Å². The predicted octanol–water partition coefficient (Wildman–Crippen LogP) is 4.96. The standard InChI is InChI=1S/C21H18BrNO2/c1-14-10-17-4-2-3-5-20(17)23(14)21(24)13-25-19-9-7-15-11-18(22)8-6-16(15)12-19/h2-9,11-12,14H,10,13H2,1H3/t14-/m1/s1. The molecule has 0 fully saturated rings. The number of nitrogens with zero attached hydrogens (tertiary/aromatic N) is 1. The Hall–Kier alpha value is -2.33. The Morgan fingerprint density at radius 2 is 1.88 bits per heavy atom. The first-order valence-electron chi connectivity index (χ1n) is 8.34. The molecule has 1 heterocycles. The monoisotopic (exact) mass is 395 g/mol. The van der Waals surface area contributed by atoms with Crippen molar-refractivity contribution in [1.82, 2.24) is 0 Å². The summed E-state index contributed by atoms with van der Waals surface area (Å²) in [5, 5.41) is 2.23. The van der Waals surface area contributed by atoms with Crippen molar-refractivity contribution in [3.05, 3.63) is 70.7 Å². The molecule has 4 heteroatoms. The van der Waals surface area contributed by atoms with Crippen LogP contribution in [0, 0.1) is 0 Å². The van der Waals surface area contributed by atoms with Gasteiger partial charge in [0, 0.05) is 16.2 Å². The summed E-state index contributed by atoms with van der Waals surface area (Å²) in [4.78, 5) is 14.5. The van der Waals surface area contributed by atoms with Crippen LogP contribution in [0.3, 0.4) is 0 Å². The predicted molar refractivity (Wildman–Crippen MR) is 104 cm³/mol. The number of ether oxygens (including phenoxy) is 1. The average molecular weight is 396 g/mol. The Morgan fingerprint density at radius 3 is 2.76 bits per heavy atom. The maximum absolute atomic E-state index is 12.7. The van der Waals surface area contributed by atoms with Crippen LogP contribution in [0.25, 0.3) is 10.8 Å². The highest BCUT2D eigenvalue weighted by Crippen LogP contribution is 2.32. The molecule has 1 amide bonds. The number of carbonyl (C=O) groups excluding carboxylic acids is 1. The van der Waals surface area contributed by atoms with Crippen LogP contribution in [0.15, 0.2) is 65.1 Å². The number of hydrogen-bond donors (Lipinski definition) is 0. The van der Waals surface area contributed by atoms with E-state index >= 15 is 0 Å². The summed E-state index contributed by atoms with van der Waals surface area (Å²) in [6, 6.07) is 20.2. The third kappa shape index (κ3) is 3.14. The zero-order valence-corrected chi connectivity index (χ0v) is 15.5. The number of carbonyl (C=O) groups is 1. The van der Waals surface area contributed by atoms with Crippen molar-refractivity contribution in [2.75, 3.05) is 11.5 Å². The lowest BCUT2D eigenvalue weighted by molar-refractivity contribution is -0.120. The molecule has 0 saturated heterocycles. The molecule has 4 rings (SSSR count). The largest absolute Gasteiger partial charge is 0.484 e. The van der Waals surface area contributed by atoms with Crippen LogP contribution in [0.4, 0.5) is 5.69 Å². The summed E-state index contributed by atoms with van der Waals surface area (Å²) in [5.41, 5.74) is 2.23. The lowest BCUT2D eigenvalue weighted by atomic mass is 10.1. The van der Waals surface area contributed by atoms with Gasteiger partial charge in [0.25, 0.3) is 5.91 Å². The molecule has 1 aliphatic rings. The number of fused-ring (bicyclic) bond motifs is 2. The molecule has 0 saturated carbocycles. The SMILES string of the molecule is C[C@@H]1Cc2ccccc2N1C(=O)COc1ccc2cc(Br)ccc2c1. The number of hydrogen-bond acceptors (Lipinski definition) is 2. The highest BCUT2D eigenvalue weighted by Gasteiger charge is 2.30. The molecule has 0 aromatic heterocycles. The van der Waals surface area contributed by atoms with Crippen LogP contribution in [0.1, 0.15) is 12.5 Å². The minimum atomic E-state index is -0.00615. The van der Waals surface area contributed by atoms with E-state index in [-0.39, 0.29) is 18.6 Å². The molecular weight excluding hydrogens is 378 g/mol. The summed E-state index contributed by atoms with van der Waals surface area (Å²) in [6.45, 7) is 2.12. The Kier molecular flexibility index (Phi) is 4.22. The second kappa shape index (κ2) is 6.52. The molecule has 0 bridgehead atoms. The minimum absolute atomic E-state index is 0.00615. The van der Waals surface area contributed by atoms with Gasteiger partial charge >= 0.3 is 0 Å². The maximum Gasteiger partial charge on any atom is 0.265 e. The Balaban J connectivity index is 1.50. The number of benzene rings is 3. The van der Waals surface area contributed by atoms with Crippen molar-refractivity contribution >= 4 is 38.3 Å². The second-order valence-corrected chi connectivity index (χ2v) is 7.30. The van der Waals surface area contributed by atoms with E-state index in [1.807, 2.05) is 53.4 Å². The normalized spacial score (nSPS) is 16.1. The number of halogens is 1. The molecule has 3 aromatic rings. The van der Waals surface area contributed by atoms with Crippen LogP contribution < -0.4 is 9.64 Å². The van der Waals surface area contributed by atoms with Crippen molar-refractivity contribution in [3.63, 3.8) is 0 Å². The van der Waals surface area contributed by atoms with Crippen LogP contribution in [0.2, 0.25) is 0 Å². The molecule has 0 N–H and O–H groups in total. The van der Waals surface area contributed by atoms with Gasteiger partial charge in [0.1, 0.15) is 5.75 Å². The molecule has 3 nitrogen and oxygen atoms in total. The smallest absolute Gasteiger partial charge is 0.265 e. The molecule has 0 spiro atoms. The highest BCUT2D eigenvalue weighted by atomic mass is 79.9. The highest BCUT2D eigenvalue weighted by molar-refractivity contribution is 9.10. The van der Waals surface area contributed by atoms with Crippen molar-refractivity contribution in [1.29, 1.82) is 0 Å². The molecule has 0 aliphatic carbocycles. The van der Waals surface area contributed by atoms with E-state index in [0.29, 0.717) is 5.75 Å². The number of para-hydroxylation sites is 1. The first-order valence-corrected chi connectivity index (χ1v) is 9.13. The number of anilines is 1. The third-order valence-corrected chi connectivity index (χ3v) is 5.11. The van der Waals surface area contributed by atoms with Gasteiger partial charge in [-0.15, -0.1) is 0 Å². The van der Waals surface area contributed by atoms with Crippen LogP contribution in [-0.2, 0) is 11.2 Å². The number of rotatable bonds is 3. The van der Waals surface area contributed by atoms with Gasteiger partial charge in [0.15, 0.2) is 6.61 Å². The molecule has 3 aromatic carbocycles. The Bertz CT molecular complexity index is 954. The summed E-state index contributed by atoms with van der Waals surface area (Å²) in [7, 11) is 0. The van der Waals surface area contributed by atoms with Gasteiger partial charge in [0.2, 0.25) is 0 Å². The van der Waals surface area contributed by atoms with E-state index in [2.05, 4.69) is 35.0 Å². The maximum atomic E-state index is 12.7. The van der Waals surface area contributed by atoms with Gasteiger partial charge in [0.05, 0.1) is 0 Å². The van der Waals surface area contributed by atoms with Gasteiger partial charge in [-0.25, -0.2) is 0 Å². The Labute approximate surface area is 155 Å². The van der Waals surface area contributed by atoms with Crippen molar-refractivity contribution < 1.29 is 9.53 Å². The molecule has 0 unspecified atom stereocenters. The summed E-state index contributed by atoms with van der Waals surface area (Å²) in [5.74, 6) is 0.705. The molecule has 1 aliphatic heterocycles. The molecule has 126 valence electrons. The lowest BCUT2D eigenvalue weighted by Gasteiger charge is -2.22. The van der Waals surface area contributed by atoms with Crippen molar-refractivity contribution in [3.8, 4) is 5.75 Å².